The number of alkyl halides is 1. The van der Waals surface area contributed by atoms with Crippen LogP contribution >= 0.6 is 11.6 Å². The van der Waals surface area contributed by atoms with E-state index in [0.29, 0.717) is 17.4 Å². The number of para-hydroxylation sites is 1. The van der Waals surface area contributed by atoms with E-state index in [0.717, 1.165) is 5.56 Å². The summed E-state index contributed by atoms with van der Waals surface area (Å²) in [5, 5.41) is 0. The minimum absolute atomic E-state index is 0.330. The van der Waals surface area contributed by atoms with Gasteiger partial charge in [0.1, 0.15) is 17.3 Å². The molecule has 0 fully saturated rings. The van der Waals surface area contributed by atoms with Gasteiger partial charge in [-0.05, 0) is 24.3 Å². The lowest BCUT2D eigenvalue weighted by atomic mass is 10.2. The fourth-order valence-electron chi connectivity index (χ4n) is 1.52. The van der Waals surface area contributed by atoms with Crippen molar-refractivity contribution in [1.29, 1.82) is 0 Å². The average molecular weight is 263 g/mol. The predicted molar refractivity (Wildman–Crippen MR) is 72.7 cm³/mol. The van der Waals surface area contributed by atoms with E-state index in [2.05, 4.69) is 0 Å². The molecule has 0 amide bonds. The third kappa shape index (κ3) is 3.34. The Morgan fingerprint density at radius 1 is 1.11 bits per heavy atom. The Kier molecular flexibility index (Phi) is 4.37. The third-order valence-corrected chi connectivity index (χ3v) is 2.51. The van der Waals surface area contributed by atoms with Crippen LogP contribution in [0.25, 0.3) is 6.08 Å². The molecule has 0 bridgehead atoms. The Bertz CT molecular complexity index is 537. The van der Waals surface area contributed by atoms with Gasteiger partial charge in [0.05, 0.1) is 0 Å². The van der Waals surface area contributed by atoms with Crippen LogP contribution in [-0.4, -0.2) is 5.88 Å². The lowest BCUT2D eigenvalue weighted by Crippen LogP contribution is -1.88. The maximum atomic E-state index is 13.2. The van der Waals surface area contributed by atoms with Crippen LogP contribution in [0.3, 0.4) is 0 Å². The Hall–Kier alpha value is -1.80. The molecule has 2 aromatic rings. The van der Waals surface area contributed by atoms with E-state index in [-0.39, 0.29) is 5.82 Å². The predicted octanol–water partition coefficient (Wildman–Crippen LogP) is 4.87. The number of halogens is 2. The van der Waals surface area contributed by atoms with Crippen molar-refractivity contribution in [2.24, 2.45) is 0 Å². The first-order chi connectivity index (χ1) is 8.79. The van der Waals surface area contributed by atoms with E-state index < -0.39 is 0 Å². The molecule has 0 heterocycles. The van der Waals surface area contributed by atoms with Gasteiger partial charge in [0.2, 0.25) is 0 Å². The van der Waals surface area contributed by atoms with Crippen LogP contribution in [0.2, 0.25) is 0 Å². The fourth-order valence-corrected chi connectivity index (χ4v) is 1.61. The first kappa shape index (κ1) is 12.7. The molecule has 92 valence electrons. The van der Waals surface area contributed by atoms with Crippen molar-refractivity contribution in [3.05, 3.63) is 66.0 Å². The number of ether oxygens (including phenoxy) is 1. The van der Waals surface area contributed by atoms with Crippen molar-refractivity contribution in [1.82, 2.24) is 0 Å². The first-order valence-corrected chi connectivity index (χ1v) is 6.08. The summed E-state index contributed by atoms with van der Waals surface area (Å²) < 4.78 is 18.9. The normalized spacial score (nSPS) is 10.8. The Morgan fingerprint density at radius 2 is 1.89 bits per heavy atom. The highest BCUT2D eigenvalue weighted by Crippen LogP contribution is 2.27. The van der Waals surface area contributed by atoms with Crippen LogP contribution in [0.15, 0.2) is 54.6 Å². The van der Waals surface area contributed by atoms with Gasteiger partial charge >= 0.3 is 0 Å². The van der Waals surface area contributed by atoms with Crippen molar-refractivity contribution >= 4 is 17.7 Å². The number of benzene rings is 2. The highest BCUT2D eigenvalue weighted by atomic mass is 35.5. The molecule has 0 saturated heterocycles. The molecule has 0 unspecified atom stereocenters. The van der Waals surface area contributed by atoms with E-state index in [1.165, 1.54) is 12.1 Å². The van der Waals surface area contributed by atoms with Gasteiger partial charge in [-0.25, -0.2) is 4.39 Å². The van der Waals surface area contributed by atoms with Crippen LogP contribution in [0.1, 0.15) is 5.56 Å². The standard InChI is InChI=1S/C15H12ClFO/c16-10-4-5-12-8-9-13(17)11-15(12)18-14-6-2-1-3-7-14/h1-9,11H,10H2/b5-4+. The Balaban J connectivity index is 2.30. The molecule has 2 rings (SSSR count). The highest BCUT2D eigenvalue weighted by molar-refractivity contribution is 6.19. The summed E-state index contributed by atoms with van der Waals surface area (Å²) in [6, 6.07) is 13.7. The van der Waals surface area contributed by atoms with Gasteiger partial charge < -0.3 is 4.74 Å². The molecule has 0 aliphatic heterocycles. The Labute approximate surface area is 110 Å². The van der Waals surface area contributed by atoms with Crippen molar-refractivity contribution in [2.75, 3.05) is 5.88 Å². The Morgan fingerprint density at radius 3 is 2.61 bits per heavy atom. The molecular weight excluding hydrogens is 251 g/mol. The van der Waals surface area contributed by atoms with Crippen molar-refractivity contribution in [2.45, 2.75) is 0 Å². The summed E-state index contributed by atoms with van der Waals surface area (Å²) in [5.74, 6) is 1.22. The summed E-state index contributed by atoms with van der Waals surface area (Å²) in [5.41, 5.74) is 0.793. The minimum atomic E-state index is -0.330. The molecule has 0 radical (unpaired) electrons. The molecule has 2 aromatic carbocycles. The van der Waals surface area contributed by atoms with E-state index in [1.807, 2.05) is 36.4 Å². The van der Waals surface area contributed by atoms with Gasteiger partial charge in [0, 0.05) is 17.5 Å². The molecule has 0 spiro atoms. The maximum absolute atomic E-state index is 13.2. The molecule has 0 aliphatic carbocycles. The lowest BCUT2D eigenvalue weighted by molar-refractivity contribution is 0.475. The summed E-state index contributed by atoms with van der Waals surface area (Å²) in [6.07, 6.45) is 3.59. The molecule has 0 aromatic heterocycles. The molecule has 0 aliphatic rings. The SMILES string of the molecule is Fc1ccc(/C=C/CCl)c(Oc2ccccc2)c1. The second kappa shape index (κ2) is 6.22. The number of hydrogen-bond donors (Lipinski definition) is 0. The zero-order chi connectivity index (χ0) is 12.8. The van der Waals surface area contributed by atoms with Crippen molar-refractivity contribution in [3.63, 3.8) is 0 Å². The minimum Gasteiger partial charge on any atom is -0.457 e. The molecule has 0 atom stereocenters. The number of rotatable bonds is 4. The molecule has 3 heteroatoms. The van der Waals surface area contributed by atoms with Crippen LogP contribution in [0.4, 0.5) is 4.39 Å². The summed E-state index contributed by atoms with van der Waals surface area (Å²) in [6.45, 7) is 0. The van der Waals surface area contributed by atoms with E-state index in [1.54, 1.807) is 12.1 Å². The topological polar surface area (TPSA) is 9.23 Å². The van der Waals surface area contributed by atoms with Crippen LogP contribution < -0.4 is 4.74 Å². The van der Waals surface area contributed by atoms with Gasteiger partial charge in [-0.15, -0.1) is 11.6 Å². The quantitative estimate of drug-likeness (QED) is 0.714. The average Bonchev–Trinajstić information content (AvgIpc) is 2.39. The number of allylic oxidation sites excluding steroid dienone is 1. The molecular formula is C15H12ClFO. The van der Waals surface area contributed by atoms with Crippen molar-refractivity contribution < 1.29 is 9.13 Å². The highest BCUT2D eigenvalue weighted by Gasteiger charge is 2.04. The number of hydrogen-bond acceptors (Lipinski definition) is 1. The van der Waals surface area contributed by atoms with E-state index in [9.17, 15) is 4.39 Å². The monoisotopic (exact) mass is 262 g/mol. The molecule has 1 nitrogen and oxygen atoms in total. The van der Waals surface area contributed by atoms with Gasteiger partial charge in [-0.1, -0.05) is 30.4 Å². The summed E-state index contributed by atoms with van der Waals surface area (Å²) in [7, 11) is 0. The third-order valence-electron chi connectivity index (χ3n) is 2.33. The smallest absolute Gasteiger partial charge is 0.137 e. The van der Waals surface area contributed by atoms with E-state index in [4.69, 9.17) is 16.3 Å². The zero-order valence-corrected chi connectivity index (χ0v) is 10.4. The molecule has 18 heavy (non-hydrogen) atoms. The zero-order valence-electron chi connectivity index (χ0n) is 9.64. The van der Waals surface area contributed by atoms with Gasteiger partial charge in [0.25, 0.3) is 0 Å². The molecule has 0 N–H and O–H groups in total. The molecule has 0 saturated carbocycles. The summed E-state index contributed by atoms with van der Waals surface area (Å²) in [4.78, 5) is 0. The largest absolute Gasteiger partial charge is 0.457 e. The fraction of sp³-hybridized carbons (Fsp3) is 0.0667. The second-order valence-corrected chi connectivity index (χ2v) is 3.96. The van der Waals surface area contributed by atoms with Gasteiger partial charge in [-0.3, -0.25) is 0 Å². The maximum Gasteiger partial charge on any atom is 0.137 e. The lowest BCUT2D eigenvalue weighted by Gasteiger charge is -2.08. The summed E-state index contributed by atoms with van der Waals surface area (Å²) >= 11 is 5.59. The van der Waals surface area contributed by atoms with Crippen molar-refractivity contribution in [3.8, 4) is 11.5 Å². The van der Waals surface area contributed by atoms with Gasteiger partial charge in [0.15, 0.2) is 0 Å². The van der Waals surface area contributed by atoms with Crippen LogP contribution in [0, 0.1) is 5.82 Å². The van der Waals surface area contributed by atoms with E-state index >= 15 is 0 Å². The first-order valence-electron chi connectivity index (χ1n) is 5.54. The second-order valence-electron chi connectivity index (χ2n) is 3.65. The van der Waals surface area contributed by atoms with Gasteiger partial charge in [-0.2, -0.15) is 0 Å². The van der Waals surface area contributed by atoms with Crippen LogP contribution in [0.5, 0.6) is 11.5 Å². The van der Waals surface area contributed by atoms with Crippen LogP contribution in [-0.2, 0) is 0 Å².